The molecule has 2 aliphatic heterocycles. The highest BCUT2D eigenvalue weighted by molar-refractivity contribution is 5.95. The number of rotatable bonds is 4. The van der Waals surface area contributed by atoms with Gasteiger partial charge in [-0.15, -0.1) is 0 Å². The van der Waals surface area contributed by atoms with Gasteiger partial charge in [0.15, 0.2) is 0 Å². The summed E-state index contributed by atoms with van der Waals surface area (Å²) in [5, 5.41) is 0. The number of benzene rings is 2. The highest BCUT2D eigenvalue weighted by atomic mass is 16.2. The fourth-order valence-electron chi connectivity index (χ4n) is 5.55. The minimum Gasteiger partial charge on any atom is -0.326 e. The molecule has 1 aliphatic carbocycles. The Kier molecular flexibility index (Phi) is 4.15. The lowest BCUT2D eigenvalue weighted by atomic mass is 9.87. The SMILES string of the molecule is Cc1c(CN)cc2nc(CN3C(=O)N(C4CC4)Cc4ccccc43)n3c2c1C(C)CC3. The number of aromatic nitrogens is 2. The number of anilines is 1. The van der Waals surface area contributed by atoms with Crippen molar-refractivity contribution in [2.24, 2.45) is 5.73 Å². The van der Waals surface area contributed by atoms with Crippen LogP contribution >= 0.6 is 0 Å². The Morgan fingerprint density at radius 3 is 2.77 bits per heavy atom. The molecule has 0 saturated heterocycles. The van der Waals surface area contributed by atoms with Gasteiger partial charge < -0.3 is 15.2 Å². The molecule has 160 valence electrons. The average Bonchev–Trinajstić information content (AvgIpc) is 3.56. The Morgan fingerprint density at radius 2 is 2.00 bits per heavy atom. The Labute approximate surface area is 182 Å². The van der Waals surface area contributed by atoms with Crippen LogP contribution in [0.15, 0.2) is 30.3 Å². The number of aryl methyl sites for hydroxylation is 1. The molecule has 6 nitrogen and oxygen atoms in total. The molecule has 3 aromatic rings. The van der Waals surface area contributed by atoms with Crippen molar-refractivity contribution >= 4 is 22.8 Å². The molecule has 1 fully saturated rings. The molecule has 0 bridgehead atoms. The van der Waals surface area contributed by atoms with Crippen LogP contribution in [0.1, 0.15) is 60.2 Å². The maximum Gasteiger partial charge on any atom is 0.325 e. The summed E-state index contributed by atoms with van der Waals surface area (Å²) in [6, 6.07) is 11.0. The van der Waals surface area contributed by atoms with E-state index in [1.54, 1.807) is 0 Å². The zero-order valence-corrected chi connectivity index (χ0v) is 18.3. The third-order valence-electron chi connectivity index (χ3n) is 7.41. The van der Waals surface area contributed by atoms with Crippen molar-refractivity contribution in [3.63, 3.8) is 0 Å². The number of urea groups is 1. The van der Waals surface area contributed by atoms with Crippen molar-refractivity contribution in [1.82, 2.24) is 14.5 Å². The number of hydrogen-bond acceptors (Lipinski definition) is 3. The van der Waals surface area contributed by atoms with Gasteiger partial charge in [-0.2, -0.15) is 0 Å². The molecule has 0 spiro atoms. The molecular formula is C25H29N5O. The molecule has 2 N–H and O–H groups in total. The Hall–Kier alpha value is -2.86. The van der Waals surface area contributed by atoms with Gasteiger partial charge in [-0.25, -0.2) is 9.78 Å². The standard InChI is InChI=1S/C25H29N5O/c1-15-9-10-28-22(27-20-11-18(12-26)16(2)23(15)24(20)28)14-30-21-6-4-3-5-17(21)13-29(25(30)31)19-7-8-19/h3-6,11,15,19H,7-10,12-14,26H2,1-2H3. The van der Waals surface area contributed by atoms with Crippen LogP contribution in [-0.2, 0) is 26.2 Å². The van der Waals surface area contributed by atoms with Crippen molar-refractivity contribution in [2.45, 2.75) is 71.2 Å². The number of carbonyl (C=O) groups is 1. The normalized spacial score (nSPS) is 20.5. The summed E-state index contributed by atoms with van der Waals surface area (Å²) >= 11 is 0. The van der Waals surface area contributed by atoms with Crippen molar-refractivity contribution < 1.29 is 4.79 Å². The van der Waals surface area contributed by atoms with E-state index >= 15 is 0 Å². The summed E-state index contributed by atoms with van der Waals surface area (Å²) in [4.78, 5) is 22.5. The Balaban J connectivity index is 1.47. The average molecular weight is 416 g/mol. The van der Waals surface area contributed by atoms with E-state index in [2.05, 4.69) is 42.7 Å². The predicted molar refractivity (Wildman–Crippen MR) is 122 cm³/mol. The third kappa shape index (κ3) is 2.81. The second-order valence-electron chi connectivity index (χ2n) is 9.37. The van der Waals surface area contributed by atoms with E-state index in [1.165, 1.54) is 27.8 Å². The van der Waals surface area contributed by atoms with Gasteiger partial charge in [0.05, 0.1) is 23.3 Å². The maximum atomic E-state index is 13.5. The maximum absolute atomic E-state index is 13.5. The summed E-state index contributed by atoms with van der Waals surface area (Å²) in [5.74, 6) is 1.46. The van der Waals surface area contributed by atoms with Crippen LogP contribution in [0, 0.1) is 6.92 Å². The highest BCUT2D eigenvalue weighted by Crippen LogP contribution is 2.40. The molecule has 2 aromatic carbocycles. The Morgan fingerprint density at radius 1 is 1.19 bits per heavy atom. The fourth-order valence-corrected chi connectivity index (χ4v) is 5.55. The fraction of sp³-hybridized carbons (Fsp3) is 0.440. The van der Waals surface area contributed by atoms with E-state index in [0.717, 1.165) is 42.8 Å². The van der Waals surface area contributed by atoms with Gasteiger partial charge in [0, 0.05) is 25.7 Å². The first kappa shape index (κ1) is 18.9. The first-order chi connectivity index (χ1) is 15.1. The van der Waals surface area contributed by atoms with Gasteiger partial charge in [-0.3, -0.25) is 4.90 Å². The summed E-state index contributed by atoms with van der Waals surface area (Å²) in [6.07, 6.45) is 3.31. The van der Waals surface area contributed by atoms with Gasteiger partial charge in [0.1, 0.15) is 5.82 Å². The summed E-state index contributed by atoms with van der Waals surface area (Å²) in [7, 11) is 0. The zero-order valence-electron chi connectivity index (χ0n) is 18.3. The number of hydrogen-bond donors (Lipinski definition) is 1. The van der Waals surface area contributed by atoms with Crippen LogP contribution in [0.3, 0.4) is 0 Å². The number of carbonyl (C=O) groups excluding carboxylic acids is 1. The molecule has 3 aliphatic rings. The lowest BCUT2D eigenvalue weighted by molar-refractivity contribution is 0.194. The number of fused-ring (bicyclic) bond motifs is 1. The van der Waals surface area contributed by atoms with Gasteiger partial charge in [-0.05, 0) is 66.5 Å². The molecule has 2 amide bonds. The molecule has 1 saturated carbocycles. The number of nitrogens with zero attached hydrogens (tertiary/aromatic N) is 4. The number of para-hydroxylation sites is 1. The molecule has 1 aromatic heterocycles. The molecule has 1 unspecified atom stereocenters. The van der Waals surface area contributed by atoms with Crippen molar-refractivity contribution in [3.05, 3.63) is 58.4 Å². The van der Waals surface area contributed by atoms with Crippen LogP contribution in [0.25, 0.3) is 11.0 Å². The number of amides is 2. The summed E-state index contributed by atoms with van der Waals surface area (Å²) in [6.45, 7) is 7.17. The highest BCUT2D eigenvalue weighted by Gasteiger charge is 2.40. The second-order valence-corrected chi connectivity index (χ2v) is 9.37. The van der Waals surface area contributed by atoms with E-state index in [0.29, 0.717) is 31.6 Å². The van der Waals surface area contributed by atoms with E-state index in [4.69, 9.17) is 10.7 Å². The van der Waals surface area contributed by atoms with Crippen molar-refractivity contribution in [3.8, 4) is 0 Å². The van der Waals surface area contributed by atoms with Crippen LogP contribution in [0.5, 0.6) is 0 Å². The third-order valence-corrected chi connectivity index (χ3v) is 7.41. The van der Waals surface area contributed by atoms with Crippen LogP contribution in [0.2, 0.25) is 0 Å². The molecule has 6 rings (SSSR count). The summed E-state index contributed by atoms with van der Waals surface area (Å²) in [5.41, 5.74) is 14.4. The van der Waals surface area contributed by atoms with E-state index in [-0.39, 0.29) is 6.03 Å². The van der Waals surface area contributed by atoms with Gasteiger partial charge >= 0.3 is 6.03 Å². The van der Waals surface area contributed by atoms with Crippen LogP contribution in [-0.4, -0.2) is 26.5 Å². The minimum absolute atomic E-state index is 0.115. The predicted octanol–water partition coefficient (Wildman–Crippen LogP) is 4.42. The molecule has 3 heterocycles. The lowest BCUT2D eigenvalue weighted by Crippen LogP contribution is -2.48. The first-order valence-electron chi connectivity index (χ1n) is 11.4. The van der Waals surface area contributed by atoms with Crippen molar-refractivity contribution in [2.75, 3.05) is 4.90 Å². The van der Waals surface area contributed by atoms with Crippen molar-refractivity contribution in [1.29, 1.82) is 0 Å². The minimum atomic E-state index is 0.115. The van der Waals surface area contributed by atoms with Crippen LogP contribution in [0.4, 0.5) is 10.5 Å². The topological polar surface area (TPSA) is 67.4 Å². The van der Waals surface area contributed by atoms with E-state index < -0.39 is 0 Å². The quantitative estimate of drug-likeness (QED) is 0.686. The van der Waals surface area contributed by atoms with E-state index in [1.807, 2.05) is 15.9 Å². The molecule has 6 heteroatoms. The smallest absolute Gasteiger partial charge is 0.325 e. The Bertz CT molecular complexity index is 1210. The molecular weight excluding hydrogens is 386 g/mol. The van der Waals surface area contributed by atoms with Crippen LogP contribution < -0.4 is 10.6 Å². The summed E-state index contributed by atoms with van der Waals surface area (Å²) < 4.78 is 2.35. The number of imidazole rings is 1. The van der Waals surface area contributed by atoms with Gasteiger partial charge in [0.2, 0.25) is 0 Å². The van der Waals surface area contributed by atoms with E-state index in [9.17, 15) is 4.79 Å². The van der Waals surface area contributed by atoms with Gasteiger partial charge in [0.25, 0.3) is 0 Å². The first-order valence-corrected chi connectivity index (χ1v) is 11.4. The zero-order chi connectivity index (χ0) is 21.3. The second kappa shape index (κ2) is 6.82. The molecule has 31 heavy (non-hydrogen) atoms. The lowest BCUT2D eigenvalue weighted by Gasteiger charge is -2.37. The number of nitrogens with two attached hydrogens (primary N) is 1. The van der Waals surface area contributed by atoms with Gasteiger partial charge in [-0.1, -0.05) is 25.1 Å². The molecule has 0 radical (unpaired) electrons. The monoisotopic (exact) mass is 415 g/mol. The molecule has 1 atom stereocenters. The largest absolute Gasteiger partial charge is 0.326 e.